The van der Waals surface area contributed by atoms with Crippen LogP contribution in [0.2, 0.25) is 0 Å². The van der Waals surface area contributed by atoms with E-state index in [-0.39, 0.29) is 5.91 Å². The zero-order valence-corrected chi connectivity index (χ0v) is 12.2. The Kier molecular flexibility index (Phi) is 4.27. The van der Waals surface area contributed by atoms with E-state index in [2.05, 4.69) is 21.2 Å². The van der Waals surface area contributed by atoms with Gasteiger partial charge >= 0.3 is 0 Å². The first-order valence-electron chi connectivity index (χ1n) is 5.94. The maximum Gasteiger partial charge on any atom is 0.224 e. The van der Waals surface area contributed by atoms with Gasteiger partial charge in [-0.1, -0.05) is 15.9 Å². The highest BCUT2D eigenvalue weighted by atomic mass is 79.9. The molecule has 4 nitrogen and oxygen atoms in total. The number of aryl methyl sites for hydroxylation is 2. The van der Waals surface area contributed by atoms with Gasteiger partial charge in [0.25, 0.3) is 0 Å². The molecule has 0 aliphatic heterocycles. The highest BCUT2D eigenvalue weighted by Crippen LogP contribution is 2.27. The van der Waals surface area contributed by atoms with Crippen molar-refractivity contribution in [2.75, 3.05) is 11.1 Å². The number of amides is 1. The van der Waals surface area contributed by atoms with Crippen LogP contribution >= 0.6 is 15.9 Å². The van der Waals surface area contributed by atoms with Crippen molar-refractivity contribution in [1.82, 2.24) is 0 Å². The first-order valence-corrected chi connectivity index (χ1v) is 6.73. The number of hydrogen-bond acceptors (Lipinski definition) is 3. The number of halogens is 1. The summed E-state index contributed by atoms with van der Waals surface area (Å²) in [5, 5.41) is 2.84. The van der Waals surface area contributed by atoms with Crippen LogP contribution in [-0.4, -0.2) is 5.91 Å². The Balaban J connectivity index is 1.99. The molecule has 2 aromatic rings. The Bertz CT molecular complexity index is 556. The van der Waals surface area contributed by atoms with E-state index >= 15 is 0 Å². The van der Waals surface area contributed by atoms with E-state index < -0.39 is 0 Å². The smallest absolute Gasteiger partial charge is 0.224 e. The summed E-state index contributed by atoms with van der Waals surface area (Å²) in [6.45, 7) is 1.91. The van der Waals surface area contributed by atoms with Gasteiger partial charge in [0, 0.05) is 17.3 Å². The van der Waals surface area contributed by atoms with Crippen molar-refractivity contribution < 1.29 is 9.21 Å². The molecule has 1 aromatic carbocycles. The molecular formula is C14H15BrN2O2. The number of nitrogens with one attached hydrogen (secondary N) is 1. The maximum atomic E-state index is 11.9. The van der Waals surface area contributed by atoms with Gasteiger partial charge in [0.05, 0.1) is 17.6 Å². The molecule has 100 valence electrons. The van der Waals surface area contributed by atoms with Crippen LogP contribution in [0.4, 0.5) is 11.4 Å². The standard InChI is InChI=1S/C14H15BrN2O2/c1-9-7-10(15)8-12(16)14(9)17-13(18)5-4-11-3-2-6-19-11/h2-3,6-8H,4-5,16H2,1H3,(H,17,18). The Morgan fingerprint density at radius 1 is 1.47 bits per heavy atom. The van der Waals surface area contributed by atoms with Gasteiger partial charge < -0.3 is 15.5 Å². The number of nitrogens with two attached hydrogens (primary N) is 1. The second kappa shape index (κ2) is 5.93. The lowest BCUT2D eigenvalue weighted by Gasteiger charge is -2.11. The largest absolute Gasteiger partial charge is 0.469 e. The van der Waals surface area contributed by atoms with E-state index in [1.807, 2.05) is 25.1 Å². The van der Waals surface area contributed by atoms with Crippen LogP contribution < -0.4 is 11.1 Å². The number of furan rings is 1. The molecule has 2 rings (SSSR count). The summed E-state index contributed by atoms with van der Waals surface area (Å²) in [7, 11) is 0. The topological polar surface area (TPSA) is 68.3 Å². The Hall–Kier alpha value is -1.75. The number of nitrogen functional groups attached to an aromatic ring is 1. The van der Waals surface area contributed by atoms with E-state index in [1.54, 1.807) is 12.3 Å². The van der Waals surface area contributed by atoms with E-state index in [0.29, 0.717) is 24.2 Å². The van der Waals surface area contributed by atoms with Gasteiger partial charge in [-0.3, -0.25) is 4.79 Å². The molecule has 1 heterocycles. The Morgan fingerprint density at radius 3 is 2.89 bits per heavy atom. The predicted molar refractivity (Wildman–Crippen MR) is 79.0 cm³/mol. The van der Waals surface area contributed by atoms with Crippen molar-refractivity contribution in [3.05, 3.63) is 46.3 Å². The second-order valence-corrected chi connectivity index (χ2v) is 5.23. The predicted octanol–water partition coefficient (Wildman–Crippen LogP) is 3.50. The molecule has 0 unspecified atom stereocenters. The number of carbonyl (C=O) groups excluding carboxylic acids is 1. The summed E-state index contributed by atoms with van der Waals surface area (Å²) in [4.78, 5) is 11.9. The molecule has 0 saturated carbocycles. The normalized spacial score (nSPS) is 10.4. The summed E-state index contributed by atoms with van der Waals surface area (Å²) in [5.41, 5.74) is 8.05. The van der Waals surface area contributed by atoms with Gasteiger partial charge in [0.15, 0.2) is 0 Å². The fraction of sp³-hybridized carbons (Fsp3) is 0.214. The third kappa shape index (κ3) is 3.61. The van der Waals surface area contributed by atoms with E-state index in [4.69, 9.17) is 10.2 Å². The molecule has 1 amide bonds. The Morgan fingerprint density at radius 2 is 2.26 bits per heavy atom. The molecule has 5 heteroatoms. The molecule has 0 atom stereocenters. The minimum atomic E-state index is -0.0754. The monoisotopic (exact) mass is 322 g/mol. The van der Waals surface area contributed by atoms with Gasteiger partial charge in [-0.2, -0.15) is 0 Å². The molecule has 0 bridgehead atoms. The quantitative estimate of drug-likeness (QED) is 0.846. The van der Waals surface area contributed by atoms with Crippen molar-refractivity contribution in [3.63, 3.8) is 0 Å². The molecular weight excluding hydrogens is 308 g/mol. The first kappa shape index (κ1) is 13.7. The molecule has 19 heavy (non-hydrogen) atoms. The molecule has 0 fully saturated rings. The molecule has 0 saturated heterocycles. The molecule has 0 spiro atoms. The van der Waals surface area contributed by atoms with Gasteiger partial charge in [-0.05, 0) is 36.8 Å². The van der Waals surface area contributed by atoms with Crippen LogP contribution in [0.15, 0.2) is 39.4 Å². The van der Waals surface area contributed by atoms with E-state index in [9.17, 15) is 4.79 Å². The fourth-order valence-electron chi connectivity index (χ4n) is 1.83. The van der Waals surface area contributed by atoms with Gasteiger partial charge in [0.1, 0.15) is 5.76 Å². The van der Waals surface area contributed by atoms with Crippen molar-refractivity contribution in [1.29, 1.82) is 0 Å². The van der Waals surface area contributed by atoms with Gasteiger partial charge in [-0.15, -0.1) is 0 Å². The summed E-state index contributed by atoms with van der Waals surface area (Å²) >= 11 is 3.37. The van der Waals surface area contributed by atoms with Crippen molar-refractivity contribution in [2.24, 2.45) is 0 Å². The number of anilines is 2. The first-order chi connectivity index (χ1) is 9.06. The molecule has 1 aromatic heterocycles. The maximum absolute atomic E-state index is 11.9. The van der Waals surface area contributed by atoms with Crippen LogP contribution in [0, 0.1) is 6.92 Å². The number of hydrogen-bond donors (Lipinski definition) is 2. The average molecular weight is 323 g/mol. The highest BCUT2D eigenvalue weighted by Gasteiger charge is 2.10. The lowest BCUT2D eigenvalue weighted by Crippen LogP contribution is -2.14. The van der Waals surface area contributed by atoms with Crippen molar-refractivity contribution in [2.45, 2.75) is 19.8 Å². The van der Waals surface area contributed by atoms with Crippen molar-refractivity contribution >= 4 is 33.2 Å². The third-order valence-corrected chi connectivity index (χ3v) is 3.23. The summed E-state index contributed by atoms with van der Waals surface area (Å²) < 4.78 is 6.09. The Labute approximate surface area is 120 Å². The van der Waals surface area contributed by atoms with Crippen LogP contribution in [0.1, 0.15) is 17.7 Å². The van der Waals surface area contributed by atoms with E-state index in [1.165, 1.54) is 0 Å². The van der Waals surface area contributed by atoms with E-state index in [0.717, 1.165) is 15.8 Å². The average Bonchev–Trinajstić information content (AvgIpc) is 2.84. The fourth-order valence-corrected chi connectivity index (χ4v) is 2.42. The van der Waals surface area contributed by atoms with Crippen LogP contribution in [0.25, 0.3) is 0 Å². The van der Waals surface area contributed by atoms with Crippen LogP contribution in [0.3, 0.4) is 0 Å². The van der Waals surface area contributed by atoms with Crippen LogP contribution in [0.5, 0.6) is 0 Å². The van der Waals surface area contributed by atoms with Crippen molar-refractivity contribution in [3.8, 4) is 0 Å². The molecule has 0 radical (unpaired) electrons. The summed E-state index contributed by atoms with van der Waals surface area (Å²) in [5.74, 6) is 0.726. The minimum absolute atomic E-state index is 0.0754. The highest BCUT2D eigenvalue weighted by molar-refractivity contribution is 9.10. The summed E-state index contributed by atoms with van der Waals surface area (Å²) in [6, 6.07) is 7.35. The minimum Gasteiger partial charge on any atom is -0.469 e. The van der Waals surface area contributed by atoms with Gasteiger partial charge in [0.2, 0.25) is 5.91 Å². The molecule has 3 N–H and O–H groups in total. The molecule has 0 aliphatic rings. The summed E-state index contributed by atoms with van der Waals surface area (Å²) in [6.07, 6.45) is 2.54. The number of benzene rings is 1. The lowest BCUT2D eigenvalue weighted by molar-refractivity contribution is -0.116. The third-order valence-electron chi connectivity index (χ3n) is 2.77. The second-order valence-electron chi connectivity index (χ2n) is 4.31. The zero-order chi connectivity index (χ0) is 13.8. The number of rotatable bonds is 4. The van der Waals surface area contributed by atoms with Gasteiger partial charge in [-0.25, -0.2) is 0 Å². The number of carbonyl (C=O) groups is 1. The SMILES string of the molecule is Cc1cc(Br)cc(N)c1NC(=O)CCc1ccco1. The zero-order valence-electron chi connectivity index (χ0n) is 10.6. The lowest BCUT2D eigenvalue weighted by atomic mass is 10.1. The van der Waals surface area contributed by atoms with Crippen LogP contribution in [-0.2, 0) is 11.2 Å². The molecule has 0 aliphatic carbocycles.